The van der Waals surface area contributed by atoms with Gasteiger partial charge in [0.25, 0.3) is 5.91 Å². The molecule has 4 rings (SSSR count). The number of hydrogen-bond acceptors (Lipinski definition) is 2. The minimum Gasteiger partial charge on any atom is -0.344 e. The molecule has 5 heteroatoms. The van der Waals surface area contributed by atoms with Crippen LogP contribution in [0.4, 0.5) is 10.5 Å². The van der Waals surface area contributed by atoms with Crippen molar-refractivity contribution in [2.24, 2.45) is 0 Å². The standard InChI is InChI=1S/C23H21N3O2/c1-16-13-19(17(2)25(16)15-18-9-5-3-6-10-18)14-21-22(27)26(23(28)24-21)20-11-7-4-8-12-20/h3-14H,15H2,1-2H3,(H,24,28). The molecule has 1 aliphatic heterocycles. The second-order valence-electron chi connectivity index (χ2n) is 6.86. The van der Waals surface area contributed by atoms with Gasteiger partial charge in [-0.25, -0.2) is 9.69 Å². The summed E-state index contributed by atoms with van der Waals surface area (Å²) in [6.07, 6.45) is 1.76. The number of carbonyl (C=O) groups excluding carboxylic acids is 2. The predicted molar refractivity (Wildman–Crippen MR) is 110 cm³/mol. The fourth-order valence-corrected chi connectivity index (χ4v) is 3.49. The molecule has 1 aromatic heterocycles. The van der Waals surface area contributed by atoms with Crippen LogP contribution >= 0.6 is 0 Å². The van der Waals surface area contributed by atoms with Gasteiger partial charge in [0, 0.05) is 17.9 Å². The second-order valence-corrected chi connectivity index (χ2v) is 6.86. The summed E-state index contributed by atoms with van der Waals surface area (Å²) in [5.41, 5.74) is 5.13. The lowest BCUT2D eigenvalue weighted by Crippen LogP contribution is -2.30. The number of aryl methyl sites for hydroxylation is 1. The predicted octanol–water partition coefficient (Wildman–Crippen LogP) is 4.25. The van der Waals surface area contributed by atoms with Gasteiger partial charge in [0.1, 0.15) is 5.70 Å². The molecule has 28 heavy (non-hydrogen) atoms. The molecule has 0 aliphatic carbocycles. The summed E-state index contributed by atoms with van der Waals surface area (Å²) in [6.45, 7) is 4.83. The Morgan fingerprint density at radius 1 is 0.929 bits per heavy atom. The van der Waals surface area contributed by atoms with Crippen LogP contribution in [0, 0.1) is 13.8 Å². The van der Waals surface area contributed by atoms with Crippen LogP contribution in [0.3, 0.4) is 0 Å². The number of rotatable bonds is 4. The average molecular weight is 371 g/mol. The lowest BCUT2D eigenvalue weighted by molar-refractivity contribution is -0.113. The molecule has 0 bridgehead atoms. The van der Waals surface area contributed by atoms with E-state index in [0.29, 0.717) is 5.69 Å². The molecular formula is C23H21N3O2. The largest absolute Gasteiger partial charge is 0.344 e. The Hall–Kier alpha value is -3.60. The zero-order valence-corrected chi connectivity index (χ0v) is 15.8. The Balaban J connectivity index is 1.64. The van der Waals surface area contributed by atoms with E-state index in [1.165, 1.54) is 5.56 Å². The van der Waals surface area contributed by atoms with Crippen molar-refractivity contribution in [3.05, 3.63) is 94.9 Å². The number of imide groups is 1. The summed E-state index contributed by atoms with van der Waals surface area (Å²) in [5, 5.41) is 2.70. The molecule has 1 fully saturated rings. The van der Waals surface area contributed by atoms with Crippen molar-refractivity contribution in [1.82, 2.24) is 9.88 Å². The van der Waals surface area contributed by atoms with Gasteiger partial charge in [-0.15, -0.1) is 0 Å². The third-order valence-corrected chi connectivity index (χ3v) is 4.99. The molecule has 1 aliphatic rings. The van der Waals surface area contributed by atoms with Crippen molar-refractivity contribution in [2.45, 2.75) is 20.4 Å². The van der Waals surface area contributed by atoms with Crippen molar-refractivity contribution in [3.63, 3.8) is 0 Å². The lowest BCUT2D eigenvalue weighted by Gasteiger charge is -2.11. The molecule has 2 heterocycles. The van der Waals surface area contributed by atoms with E-state index >= 15 is 0 Å². The zero-order valence-electron chi connectivity index (χ0n) is 15.8. The van der Waals surface area contributed by atoms with Crippen LogP contribution in [0.2, 0.25) is 0 Å². The number of benzene rings is 2. The fraction of sp³-hybridized carbons (Fsp3) is 0.130. The Morgan fingerprint density at radius 2 is 1.57 bits per heavy atom. The van der Waals surface area contributed by atoms with Crippen LogP contribution < -0.4 is 10.2 Å². The van der Waals surface area contributed by atoms with Gasteiger partial charge < -0.3 is 9.88 Å². The maximum atomic E-state index is 12.8. The zero-order chi connectivity index (χ0) is 19.7. The molecule has 3 aromatic rings. The van der Waals surface area contributed by atoms with Gasteiger partial charge in [-0.05, 0) is 49.2 Å². The Labute approximate surface area is 163 Å². The first-order valence-corrected chi connectivity index (χ1v) is 9.17. The summed E-state index contributed by atoms with van der Waals surface area (Å²) in [7, 11) is 0. The molecule has 1 N–H and O–H groups in total. The molecule has 0 saturated carbocycles. The summed E-state index contributed by atoms with van der Waals surface area (Å²) in [6, 6.07) is 20.8. The van der Waals surface area contributed by atoms with Gasteiger partial charge in [0.2, 0.25) is 0 Å². The highest BCUT2D eigenvalue weighted by molar-refractivity contribution is 6.28. The first-order chi connectivity index (χ1) is 13.5. The summed E-state index contributed by atoms with van der Waals surface area (Å²) >= 11 is 0. The average Bonchev–Trinajstić information content (AvgIpc) is 3.13. The summed E-state index contributed by atoms with van der Waals surface area (Å²) < 4.78 is 2.21. The Bertz CT molecular complexity index is 1070. The highest BCUT2D eigenvalue weighted by Crippen LogP contribution is 2.24. The summed E-state index contributed by atoms with van der Waals surface area (Å²) in [4.78, 5) is 26.3. The molecular weight excluding hydrogens is 350 g/mol. The molecule has 140 valence electrons. The van der Waals surface area contributed by atoms with Gasteiger partial charge in [-0.3, -0.25) is 4.79 Å². The molecule has 0 atom stereocenters. The normalized spacial score (nSPS) is 15.4. The van der Waals surface area contributed by atoms with E-state index in [1.807, 2.05) is 44.2 Å². The van der Waals surface area contributed by atoms with Crippen LogP contribution in [0.1, 0.15) is 22.5 Å². The Morgan fingerprint density at radius 3 is 2.25 bits per heavy atom. The van der Waals surface area contributed by atoms with Crippen molar-refractivity contribution in [3.8, 4) is 0 Å². The quantitative estimate of drug-likeness (QED) is 0.551. The van der Waals surface area contributed by atoms with E-state index in [4.69, 9.17) is 0 Å². The Kier molecular flexibility index (Phi) is 4.57. The highest BCUT2D eigenvalue weighted by atomic mass is 16.2. The lowest BCUT2D eigenvalue weighted by atomic mass is 10.2. The van der Waals surface area contributed by atoms with E-state index in [2.05, 4.69) is 22.0 Å². The number of anilines is 1. The molecule has 1 saturated heterocycles. The van der Waals surface area contributed by atoms with Gasteiger partial charge in [0.05, 0.1) is 5.69 Å². The van der Waals surface area contributed by atoms with Crippen molar-refractivity contribution in [1.29, 1.82) is 0 Å². The topological polar surface area (TPSA) is 54.3 Å². The molecule has 5 nitrogen and oxygen atoms in total. The molecule has 3 amide bonds. The number of urea groups is 1. The number of aromatic nitrogens is 1. The monoisotopic (exact) mass is 371 g/mol. The maximum Gasteiger partial charge on any atom is 0.333 e. The first-order valence-electron chi connectivity index (χ1n) is 9.17. The van der Waals surface area contributed by atoms with Crippen LogP contribution in [-0.2, 0) is 11.3 Å². The van der Waals surface area contributed by atoms with E-state index in [0.717, 1.165) is 28.4 Å². The van der Waals surface area contributed by atoms with Gasteiger partial charge >= 0.3 is 6.03 Å². The van der Waals surface area contributed by atoms with E-state index in [9.17, 15) is 9.59 Å². The third-order valence-electron chi connectivity index (χ3n) is 4.99. The SMILES string of the molecule is Cc1cc(C=C2NC(=O)N(c3ccccc3)C2=O)c(C)n1Cc1ccccc1. The van der Waals surface area contributed by atoms with Gasteiger partial charge in [-0.1, -0.05) is 48.5 Å². The number of carbonyl (C=O) groups is 2. The summed E-state index contributed by atoms with van der Waals surface area (Å²) in [5.74, 6) is -0.343. The highest BCUT2D eigenvalue weighted by Gasteiger charge is 2.34. The minimum absolute atomic E-state index is 0.286. The fourth-order valence-electron chi connectivity index (χ4n) is 3.49. The van der Waals surface area contributed by atoms with E-state index in [1.54, 1.807) is 30.3 Å². The number of nitrogens with zero attached hydrogens (tertiary/aromatic N) is 2. The third kappa shape index (κ3) is 3.22. The van der Waals surface area contributed by atoms with Gasteiger partial charge in [-0.2, -0.15) is 0 Å². The van der Waals surface area contributed by atoms with Crippen LogP contribution in [0.5, 0.6) is 0 Å². The van der Waals surface area contributed by atoms with Crippen LogP contribution in [0.25, 0.3) is 6.08 Å². The first kappa shape index (κ1) is 17.8. The van der Waals surface area contributed by atoms with E-state index in [-0.39, 0.29) is 11.6 Å². The smallest absolute Gasteiger partial charge is 0.333 e. The molecule has 2 aromatic carbocycles. The van der Waals surface area contributed by atoms with Crippen molar-refractivity contribution >= 4 is 23.7 Å². The van der Waals surface area contributed by atoms with Crippen LogP contribution in [-0.4, -0.2) is 16.5 Å². The van der Waals surface area contributed by atoms with Gasteiger partial charge in [0.15, 0.2) is 0 Å². The molecule has 0 radical (unpaired) electrons. The van der Waals surface area contributed by atoms with Crippen molar-refractivity contribution in [2.75, 3.05) is 4.90 Å². The second kappa shape index (κ2) is 7.19. The number of para-hydroxylation sites is 1. The van der Waals surface area contributed by atoms with E-state index < -0.39 is 6.03 Å². The molecule has 0 unspecified atom stereocenters. The van der Waals surface area contributed by atoms with Crippen molar-refractivity contribution < 1.29 is 9.59 Å². The number of amides is 3. The number of hydrogen-bond donors (Lipinski definition) is 1. The maximum absolute atomic E-state index is 12.8. The van der Waals surface area contributed by atoms with Crippen LogP contribution in [0.15, 0.2) is 72.4 Å². The number of nitrogens with one attached hydrogen (secondary N) is 1. The minimum atomic E-state index is -0.430. The molecule has 0 spiro atoms.